The van der Waals surface area contributed by atoms with Crippen molar-refractivity contribution in [2.45, 2.75) is 20.4 Å². The van der Waals surface area contributed by atoms with E-state index in [0.717, 1.165) is 27.4 Å². The molecule has 2 heterocycles. The molecule has 0 aliphatic carbocycles. The summed E-state index contributed by atoms with van der Waals surface area (Å²) in [6.45, 7) is 5.01. The normalized spacial score (nSPS) is 11.0. The van der Waals surface area contributed by atoms with E-state index in [4.69, 9.17) is 9.72 Å². The number of hydrogen-bond donors (Lipinski definition) is 0. The number of thiazole rings is 1. The van der Waals surface area contributed by atoms with Crippen molar-refractivity contribution in [2.75, 3.05) is 11.4 Å². The summed E-state index contributed by atoms with van der Waals surface area (Å²) in [4.78, 5) is 20.2. The fourth-order valence-corrected chi connectivity index (χ4v) is 4.82. The van der Waals surface area contributed by atoms with Crippen molar-refractivity contribution >= 4 is 32.6 Å². The number of amides is 1. The summed E-state index contributed by atoms with van der Waals surface area (Å²) in [5, 5.41) is 5.22. The zero-order valence-electron chi connectivity index (χ0n) is 19.0. The molecule has 0 fully saturated rings. The molecular formula is C27H24N4O2S. The Morgan fingerprint density at radius 1 is 0.941 bits per heavy atom. The Morgan fingerprint density at radius 2 is 1.71 bits per heavy atom. The third kappa shape index (κ3) is 4.70. The van der Waals surface area contributed by atoms with E-state index < -0.39 is 0 Å². The van der Waals surface area contributed by atoms with Crippen LogP contribution in [-0.4, -0.2) is 27.2 Å². The van der Waals surface area contributed by atoms with Gasteiger partial charge in [0.1, 0.15) is 11.5 Å². The maximum absolute atomic E-state index is 13.7. The molecule has 5 rings (SSSR count). The number of fused-ring (bicyclic) bond motifs is 1. The zero-order valence-corrected chi connectivity index (χ0v) is 19.8. The van der Waals surface area contributed by atoms with Crippen LogP contribution in [0.25, 0.3) is 10.2 Å². The molecule has 0 atom stereocenters. The van der Waals surface area contributed by atoms with Crippen molar-refractivity contribution in [3.63, 3.8) is 0 Å². The Bertz CT molecular complexity index is 1410. The number of aryl methyl sites for hydroxylation is 2. The maximum Gasteiger partial charge on any atom is 0.260 e. The van der Waals surface area contributed by atoms with Gasteiger partial charge in [0.05, 0.1) is 22.5 Å². The van der Waals surface area contributed by atoms with Crippen LogP contribution in [0.3, 0.4) is 0 Å². The van der Waals surface area contributed by atoms with Gasteiger partial charge in [-0.1, -0.05) is 47.7 Å². The molecule has 3 aromatic carbocycles. The lowest BCUT2D eigenvalue weighted by Gasteiger charge is -2.20. The smallest absolute Gasteiger partial charge is 0.260 e. The molecule has 2 aromatic heterocycles. The molecule has 0 unspecified atom stereocenters. The van der Waals surface area contributed by atoms with Crippen LogP contribution >= 0.6 is 11.3 Å². The van der Waals surface area contributed by atoms with Gasteiger partial charge in [-0.3, -0.25) is 14.4 Å². The van der Waals surface area contributed by atoms with Crippen LogP contribution in [0.15, 0.2) is 84.9 Å². The van der Waals surface area contributed by atoms with E-state index in [1.54, 1.807) is 11.0 Å². The summed E-state index contributed by atoms with van der Waals surface area (Å²) in [7, 11) is 0. The highest BCUT2D eigenvalue weighted by Crippen LogP contribution is 2.30. The molecule has 0 radical (unpaired) electrons. The fourth-order valence-electron chi connectivity index (χ4n) is 3.83. The van der Waals surface area contributed by atoms with Gasteiger partial charge in [-0.2, -0.15) is 5.10 Å². The van der Waals surface area contributed by atoms with Gasteiger partial charge >= 0.3 is 0 Å². The fraction of sp³-hybridized carbons (Fsp3) is 0.148. The Hall–Kier alpha value is -3.97. The average molecular weight is 469 g/mol. The number of ether oxygens (including phenoxy) is 1. The molecule has 0 spiro atoms. The molecule has 34 heavy (non-hydrogen) atoms. The first-order valence-electron chi connectivity index (χ1n) is 11.1. The van der Waals surface area contributed by atoms with Gasteiger partial charge < -0.3 is 4.74 Å². The van der Waals surface area contributed by atoms with Crippen LogP contribution in [0.2, 0.25) is 0 Å². The molecule has 0 aliphatic heterocycles. The number of nitrogens with zero attached hydrogens (tertiary/aromatic N) is 4. The molecule has 6 nitrogen and oxygen atoms in total. The number of aromatic nitrogens is 3. The van der Waals surface area contributed by atoms with E-state index in [0.29, 0.717) is 29.5 Å². The van der Waals surface area contributed by atoms with Crippen LogP contribution in [0.1, 0.15) is 21.7 Å². The molecule has 7 heteroatoms. The number of para-hydroxylation sites is 2. The van der Waals surface area contributed by atoms with Gasteiger partial charge in [-0.25, -0.2) is 4.98 Å². The lowest BCUT2D eigenvalue weighted by molar-refractivity contribution is 0.0985. The lowest BCUT2D eigenvalue weighted by Crippen LogP contribution is -2.34. The predicted molar refractivity (Wildman–Crippen MR) is 136 cm³/mol. The van der Waals surface area contributed by atoms with Crippen LogP contribution in [0, 0.1) is 13.8 Å². The molecule has 0 N–H and O–H groups in total. The highest BCUT2D eigenvalue weighted by Gasteiger charge is 2.22. The minimum absolute atomic E-state index is 0.126. The largest absolute Gasteiger partial charge is 0.457 e. The highest BCUT2D eigenvalue weighted by molar-refractivity contribution is 7.22. The maximum atomic E-state index is 13.7. The van der Waals surface area contributed by atoms with Crippen molar-refractivity contribution in [1.29, 1.82) is 0 Å². The summed E-state index contributed by atoms with van der Waals surface area (Å²) in [6.07, 6.45) is 0. The van der Waals surface area contributed by atoms with Crippen LogP contribution in [0.5, 0.6) is 11.5 Å². The average Bonchev–Trinajstić information content (AvgIpc) is 3.42. The van der Waals surface area contributed by atoms with Crippen molar-refractivity contribution in [1.82, 2.24) is 14.8 Å². The number of hydrogen-bond acceptors (Lipinski definition) is 5. The lowest BCUT2D eigenvalue weighted by atomic mass is 10.2. The predicted octanol–water partition coefficient (Wildman–Crippen LogP) is 6.25. The Labute approximate surface area is 202 Å². The van der Waals surface area contributed by atoms with Gasteiger partial charge in [0, 0.05) is 17.8 Å². The molecule has 170 valence electrons. The third-order valence-electron chi connectivity index (χ3n) is 5.46. The monoisotopic (exact) mass is 468 g/mol. The van der Waals surface area contributed by atoms with Crippen molar-refractivity contribution in [3.8, 4) is 11.5 Å². The first kappa shape index (κ1) is 21.9. The molecule has 0 bridgehead atoms. The highest BCUT2D eigenvalue weighted by atomic mass is 32.1. The molecule has 0 saturated heterocycles. The van der Waals surface area contributed by atoms with Crippen molar-refractivity contribution < 1.29 is 9.53 Å². The van der Waals surface area contributed by atoms with E-state index >= 15 is 0 Å². The first-order chi connectivity index (χ1) is 16.6. The number of carbonyl (C=O) groups excluding carboxylic acids is 1. The third-order valence-corrected chi connectivity index (χ3v) is 6.52. The van der Waals surface area contributed by atoms with Crippen molar-refractivity contribution in [2.24, 2.45) is 0 Å². The van der Waals surface area contributed by atoms with Crippen LogP contribution in [-0.2, 0) is 6.54 Å². The van der Waals surface area contributed by atoms with Gasteiger partial charge in [-0.05, 0) is 62.4 Å². The minimum Gasteiger partial charge on any atom is -0.457 e. The second-order valence-electron chi connectivity index (χ2n) is 8.01. The van der Waals surface area contributed by atoms with E-state index in [2.05, 4.69) is 5.10 Å². The number of anilines is 1. The summed E-state index contributed by atoms with van der Waals surface area (Å²) in [5.74, 6) is 1.21. The van der Waals surface area contributed by atoms with Gasteiger partial charge in [0.15, 0.2) is 5.13 Å². The Morgan fingerprint density at radius 3 is 2.47 bits per heavy atom. The van der Waals surface area contributed by atoms with Crippen molar-refractivity contribution in [3.05, 3.63) is 102 Å². The van der Waals surface area contributed by atoms with E-state index in [1.807, 2.05) is 97.4 Å². The zero-order chi connectivity index (χ0) is 23.5. The first-order valence-corrected chi connectivity index (χ1v) is 11.9. The molecule has 0 saturated carbocycles. The second kappa shape index (κ2) is 9.49. The number of carbonyl (C=O) groups is 1. The topological polar surface area (TPSA) is 60.2 Å². The molecular weight excluding hydrogens is 444 g/mol. The summed E-state index contributed by atoms with van der Waals surface area (Å²) >= 11 is 1.51. The van der Waals surface area contributed by atoms with Crippen LogP contribution < -0.4 is 9.64 Å². The summed E-state index contributed by atoms with van der Waals surface area (Å²) in [6, 6.07) is 26.8. The van der Waals surface area contributed by atoms with E-state index in [1.165, 1.54) is 11.3 Å². The Kier molecular flexibility index (Phi) is 6.10. The molecule has 0 aliphatic rings. The van der Waals surface area contributed by atoms with E-state index in [-0.39, 0.29) is 5.91 Å². The molecule has 5 aromatic rings. The Balaban J connectivity index is 1.46. The van der Waals surface area contributed by atoms with Crippen LogP contribution in [0.4, 0.5) is 5.13 Å². The summed E-state index contributed by atoms with van der Waals surface area (Å²) < 4.78 is 8.93. The second-order valence-corrected chi connectivity index (χ2v) is 9.02. The van der Waals surface area contributed by atoms with Gasteiger partial charge in [0.25, 0.3) is 5.91 Å². The number of rotatable bonds is 7. The summed E-state index contributed by atoms with van der Waals surface area (Å²) in [5.41, 5.74) is 3.45. The van der Waals surface area contributed by atoms with Gasteiger partial charge in [-0.15, -0.1) is 0 Å². The minimum atomic E-state index is -0.126. The van der Waals surface area contributed by atoms with E-state index in [9.17, 15) is 4.79 Å². The standard InChI is InChI=1S/C27H24N4O2S/c1-19-17-20(2)31(29-19)16-15-30(27-28-24-13-6-7-14-25(24)34-27)26(32)21-9-8-12-23(18-21)33-22-10-4-3-5-11-22/h3-14,17-18H,15-16H2,1-2H3. The number of benzene rings is 3. The quantitative estimate of drug-likeness (QED) is 0.283. The molecule has 1 amide bonds. The SMILES string of the molecule is Cc1cc(C)n(CCN(C(=O)c2cccc(Oc3ccccc3)c2)c2nc3ccccc3s2)n1. The van der Waals surface area contributed by atoms with Gasteiger partial charge in [0.2, 0.25) is 0 Å².